The molecule has 0 radical (unpaired) electrons. The SMILES string of the molecule is Nc1ncc(-c2ccc3[nH]nc(-c4cncc(N5CCC(N)CC5)n4)c3c2)c(NC2CCCC2)n1. The molecule has 4 heterocycles. The van der Waals surface area contributed by atoms with Crippen molar-refractivity contribution >= 4 is 28.5 Å². The smallest absolute Gasteiger partial charge is 0.221 e. The van der Waals surface area contributed by atoms with Gasteiger partial charge in [-0.1, -0.05) is 18.9 Å². The molecule has 1 saturated heterocycles. The van der Waals surface area contributed by atoms with Gasteiger partial charge in [-0.2, -0.15) is 10.1 Å². The molecule has 0 amide bonds. The maximum atomic E-state index is 6.07. The molecular weight excluding hydrogens is 440 g/mol. The van der Waals surface area contributed by atoms with E-state index in [4.69, 9.17) is 16.5 Å². The van der Waals surface area contributed by atoms with Crippen LogP contribution in [0.25, 0.3) is 33.4 Å². The van der Waals surface area contributed by atoms with E-state index in [-0.39, 0.29) is 12.0 Å². The first kappa shape index (κ1) is 21.7. The normalized spacial score (nSPS) is 17.3. The van der Waals surface area contributed by atoms with Crippen LogP contribution in [0.5, 0.6) is 0 Å². The molecule has 3 aromatic heterocycles. The topological polar surface area (TPSA) is 148 Å². The molecule has 0 atom stereocenters. The largest absolute Gasteiger partial charge is 0.368 e. The maximum Gasteiger partial charge on any atom is 0.221 e. The first-order valence-electron chi connectivity index (χ1n) is 12.3. The molecule has 1 aliphatic heterocycles. The Labute approximate surface area is 203 Å². The van der Waals surface area contributed by atoms with Crippen molar-refractivity contribution in [3.05, 3.63) is 36.8 Å². The van der Waals surface area contributed by atoms with Crippen LogP contribution in [0.3, 0.4) is 0 Å². The number of hydrogen-bond acceptors (Lipinski definition) is 9. The van der Waals surface area contributed by atoms with Crippen LogP contribution in [0.15, 0.2) is 36.8 Å². The van der Waals surface area contributed by atoms with Crippen LogP contribution in [0.4, 0.5) is 17.6 Å². The average Bonchev–Trinajstić information content (AvgIpc) is 3.54. The summed E-state index contributed by atoms with van der Waals surface area (Å²) in [7, 11) is 0. The average molecular weight is 471 g/mol. The van der Waals surface area contributed by atoms with Gasteiger partial charge in [0.1, 0.15) is 23.0 Å². The predicted octanol–water partition coefficient (Wildman–Crippen LogP) is 3.34. The van der Waals surface area contributed by atoms with Crippen molar-refractivity contribution in [3.8, 4) is 22.5 Å². The molecule has 0 spiro atoms. The van der Waals surface area contributed by atoms with E-state index in [0.717, 1.165) is 83.8 Å². The van der Waals surface area contributed by atoms with E-state index < -0.39 is 0 Å². The van der Waals surface area contributed by atoms with Gasteiger partial charge in [0.05, 0.1) is 17.9 Å². The Balaban J connectivity index is 1.36. The molecule has 1 aliphatic carbocycles. The maximum absolute atomic E-state index is 6.07. The summed E-state index contributed by atoms with van der Waals surface area (Å²) in [4.78, 5) is 20.4. The van der Waals surface area contributed by atoms with E-state index in [0.29, 0.717) is 6.04 Å². The third-order valence-corrected chi connectivity index (χ3v) is 7.11. The first-order valence-corrected chi connectivity index (χ1v) is 12.3. The van der Waals surface area contributed by atoms with Gasteiger partial charge in [-0.25, -0.2) is 9.97 Å². The van der Waals surface area contributed by atoms with Gasteiger partial charge in [0, 0.05) is 42.3 Å². The summed E-state index contributed by atoms with van der Waals surface area (Å²) in [5, 5.41) is 12.3. The Morgan fingerprint density at radius 1 is 1.00 bits per heavy atom. The lowest BCUT2D eigenvalue weighted by Gasteiger charge is -2.30. The number of rotatable bonds is 5. The van der Waals surface area contributed by atoms with Gasteiger partial charge in [0.2, 0.25) is 5.95 Å². The second kappa shape index (κ2) is 9.10. The number of piperidine rings is 1. The van der Waals surface area contributed by atoms with Gasteiger partial charge in [-0.05, 0) is 43.4 Å². The minimum atomic E-state index is 0.265. The van der Waals surface area contributed by atoms with E-state index in [1.807, 2.05) is 12.3 Å². The van der Waals surface area contributed by atoms with Crippen LogP contribution in [0.2, 0.25) is 0 Å². The standard InChI is InChI=1S/C25H30N10/c26-16-7-9-35(10-8-16)22-14-28-13-21(31-22)23-18-11-15(5-6-20(18)33-34-23)19-12-29-25(27)32-24(19)30-17-3-1-2-4-17/h5-6,11-14,16-17H,1-4,7-10,26H2,(H,33,34)(H3,27,29,30,32). The lowest BCUT2D eigenvalue weighted by atomic mass is 10.0. The van der Waals surface area contributed by atoms with Crippen molar-refractivity contribution < 1.29 is 0 Å². The molecular formula is C25H30N10. The number of nitrogen functional groups attached to an aromatic ring is 1. The number of anilines is 3. The van der Waals surface area contributed by atoms with Crippen LogP contribution < -0.4 is 21.7 Å². The van der Waals surface area contributed by atoms with E-state index in [9.17, 15) is 0 Å². The van der Waals surface area contributed by atoms with Gasteiger partial charge in [0.15, 0.2) is 0 Å². The van der Waals surface area contributed by atoms with Crippen LogP contribution in [-0.2, 0) is 0 Å². The molecule has 4 aromatic rings. The number of benzene rings is 1. The fourth-order valence-corrected chi connectivity index (χ4v) is 5.11. The van der Waals surface area contributed by atoms with E-state index in [1.165, 1.54) is 12.8 Å². The molecule has 1 aromatic carbocycles. The van der Waals surface area contributed by atoms with Gasteiger partial charge >= 0.3 is 0 Å². The molecule has 10 heteroatoms. The zero-order valence-electron chi connectivity index (χ0n) is 19.6. The zero-order chi connectivity index (χ0) is 23.8. The van der Waals surface area contributed by atoms with Crippen molar-refractivity contribution in [3.63, 3.8) is 0 Å². The highest BCUT2D eigenvalue weighted by atomic mass is 15.2. The molecule has 35 heavy (non-hydrogen) atoms. The number of nitrogens with one attached hydrogen (secondary N) is 2. The van der Waals surface area contributed by atoms with Crippen molar-refractivity contribution in [1.29, 1.82) is 0 Å². The van der Waals surface area contributed by atoms with E-state index in [2.05, 4.69) is 47.5 Å². The first-order chi connectivity index (χ1) is 17.1. The lowest BCUT2D eigenvalue weighted by molar-refractivity contribution is 0.498. The Kier molecular flexibility index (Phi) is 5.65. The highest BCUT2D eigenvalue weighted by molar-refractivity contribution is 5.95. The fraction of sp³-hybridized carbons (Fsp3) is 0.400. The monoisotopic (exact) mass is 470 g/mol. The minimum absolute atomic E-state index is 0.265. The zero-order valence-corrected chi connectivity index (χ0v) is 19.6. The summed E-state index contributed by atoms with van der Waals surface area (Å²) in [5.41, 5.74) is 16.4. The molecule has 10 nitrogen and oxygen atoms in total. The van der Waals surface area contributed by atoms with Gasteiger partial charge < -0.3 is 21.7 Å². The Bertz CT molecular complexity index is 1340. The summed E-state index contributed by atoms with van der Waals surface area (Å²) >= 11 is 0. The summed E-state index contributed by atoms with van der Waals surface area (Å²) in [6.45, 7) is 1.78. The molecule has 1 saturated carbocycles. The van der Waals surface area contributed by atoms with Gasteiger partial charge in [-0.15, -0.1) is 0 Å². The molecule has 6 N–H and O–H groups in total. The summed E-state index contributed by atoms with van der Waals surface area (Å²) in [6, 6.07) is 6.87. The number of H-pyrrole nitrogens is 1. The molecule has 180 valence electrons. The minimum Gasteiger partial charge on any atom is -0.368 e. The quantitative estimate of drug-likeness (QED) is 0.345. The summed E-state index contributed by atoms with van der Waals surface area (Å²) < 4.78 is 0. The number of aromatic nitrogens is 6. The molecule has 2 aliphatic rings. The molecule has 6 rings (SSSR count). The summed E-state index contributed by atoms with van der Waals surface area (Å²) in [5.74, 6) is 1.90. The second-order valence-electron chi connectivity index (χ2n) is 9.54. The van der Waals surface area contributed by atoms with Crippen LogP contribution in [0, 0.1) is 0 Å². The van der Waals surface area contributed by atoms with Crippen molar-refractivity contribution in [1.82, 2.24) is 30.1 Å². The lowest BCUT2D eigenvalue weighted by Crippen LogP contribution is -2.40. The van der Waals surface area contributed by atoms with Crippen LogP contribution in [-0.4, -0.2) is 55.3 Å². The van der Waals surface area contributed by atoms with Crippen molar-refractivity contribution in [2.24, 2.45) is 5.73 Å². The number of nitrogens with zero attached hydrogens (tertiary/aromatic N) is 6. The molecule has 0 unspecified atom stereocenters. The highest BCUT2D eigenvalue weighted by Crippen LogP contribution is 2.34. The van der Waals surface area contributed by atoms with E-state index in [1.54, 1.807) is 12.4 Å². The third kappa shape index (κ3) is 4.37. The number of nitrogens with two attached hydrogens (primary N) is 2. The van der Waals surface area contributed by atoms with Crippen molar-refractivity contribution in [2.45, 2.75) is 50.6 Å². The number of fused-ring (bicyclic) bond motifs is 1. The van der Waals surface area contributed by atoms with E-state index >= 15 is 0 Å². The Morgan fingerprint density at radius 2 is 1.83 bits per heavy atom. The third-order valence-electron chi connectivity index (χ3n) is 7.11. The van der Waals surface area contributed by atoms with Crippen molar-refractivity contribution in [2.75, 3.05) is 29.0 Å². The van der Waals surface area contributed by atoms with Crippen LogP contribution in [0.1, 0.15) is 38.5 Å². The predicted molar refractivity (Wildman–Crippen MR) is 138 cm³/mol. The van der Waals surface area contributed by atoms with Crippen LogP contribution >= 0.6 is 0 Å². The molecule has 2 fully saturated rings. The fourth-order valence-electron chi connectivity index (χ4n) is 5.11. The van der Waals surface area contributed by atoms with Gasteiger partial charge in [-0.3, -0.25) is 10.1 Å². The second-order valence-corrected chi connectivity index (χ2v) is 9.54. The number of hydrogen-bond donors (Lipinski definition) is 4. The number of aromatic amines is 1. The summed E-state index contributed by atoms with van der Waals surface area (Å²) in [6.07, 6.45) is 12.1. The highest BCUT2D eigenvalue weighted by Gasteiger charge is 2.21. The Hall–Kier alpha value is -3.79. The molecule has 0 bridgehead atoms. The Morgan fingerprint density at radius 3 is 2.66 bits per heavy atom. The van der Waals surface area contributed by atoms with Gasteiger partial charge in [0.25, 0.3) is 0 Å².